The van der Waals surface area contributed by atoms with Crippen molar-refractivity contribution in [2.75, 3.05) is 5.32 Å². The third-order valence-electron chi connectivity index (χ3n) is 2.33. The molecule has 0 spiro atoms. The summed E-state index contributed by atoms with van der Waals surface area (Å²) in [5, 5.41) is 6.77. The number of nitrogens with one attached hydrogen (secondary N) is 1. The van der Waals surface area contributed by atoms with Gasteiger partial charge in [-0.05, 0) is 25.1 Å². The summed E-state index contributed by atoms with van der Waals surface area (Å²) in [7, 11) is 1.73. The Morgan fingerprint density at radius 3 is 2.76 bits per heavy atom. The van der Waals surface area contributed by atoms with E-state index in [1.165, 1.54) is 18.2 Å². The molecule has 0 aliphatic rings. The monoisotopic (exact) mass is 233 g/mol. The van der Waals surface area contributed by atoms with Crippen LogP contribution in [0.4, 0.5) is 10.2 Å². The Morgan fingerprint density at radius 1 is 1.41 bits per heavy atom. The van der Waals surface area contributed by atoms with Crippen molar-refractivity contribution < 1.29 is 9.18 Å². The topological polar surface area (TPSA) is 46.9 Å². The van der Waals surface area contributed by atoms with E-state index < -0.39 is 5.82 Å². The molecule has 0 radical (unpaired) electrons. The van der Waals surface area contributed by atoms with Gasteiger partial charge in [0.2, 0.25) is 0 Å². The van der Waals surface area contributed by atoms with Gasteiger partial charge in [0.15, 0.2) is 0 Å². The molecule has 0 atom stereocenters. The number of amides is 1. The number of benzene rings is 1. The van der Waals surface area contributed by atoms with Crippen LogP contribution in [0.3, 0.4) is 0 Å². The second-order valence-corrected chi connectivity index (χ2v) is 3.76. The molecule has 0 aliphatic heterocycles. The molecule has 4 nitrogen and oxygen atoms in total. The fourth-order valence-electron chi connectivity index (χ4n) is 1.55. The van der Waals surface area contributed by atoms with Crippen molar-refractivity contribution in [2.24, 2.45) is 7.05 Å². The maximum atomic E-state index is 13.0. The summed E-state index contributed by atoms with van der Waals surface area (Å²) in [6, 6.07) is 7.29. The van der Waals surface area contributed by atoms with Crippen LogP contribution in [-0.4, -0.2) is 15.7 Å². The molecule has 0 saturated heterocycles. The Balaban J connectivity index is 2.20. The van der Waals surface area contributed by atoms with Crippen LogP contribution in [-0.2, 0) is 7.05 Å². The average molecular weight is 233 g/mol. The van der Waals surface area contributed by atoms with E-state index in [4.69, 9.17) is 0 Å². The van der Waals surface area contributed by atoms with Crippen molar-refractivity contribution in [1.82, 2.24) is 9.78 Å². The molecule has 1 aromatic carbocycles. The maximum absolute atomic E-state index is 13.0. The van der Waals surface area contributed by atoms with Gasteiger partial charge in [-0.1, -0.05) is 6.07 Å². The number of halogens is 1. The largest absolute Gasteiger partial charge is 0.307 e. The van der Waals surface area contributed by atoms with Crippen molar-refractivity contribution >= 4 is 11.7 Å². The van der Waals surface area contributed by atoms with Gasteiger partial charge in [0.25, 0.3) is 5.91 Å². The predicted molar refractivity (Wildman–Crippen MR) is 62.3 cm³/mol. The van der Waals surface area contributed by atoms with Crippen molar-refractivity contribution in [3.05, 3.63) is 47.4 Å². The van der Waals surface area contributed by atoms with Crippen LogP contribution < -0.4 is 5.32 Å². The van der Waals surface area contributed by atoms with E-state index in [0.717, 1.165) is 5.69 Å². The lowest BCUT2D eigenvalue weighted by Crippen LogP contribution is -2.14. The molecule has 0 unspecified atom stereocenters. The molecule has 0 bridgehead atoms. The van der Waals surface area contributed by atoms with E-state index in [9.17, 15) is 9.18 Å². The number of hydrogen-bond donors (Lipinski definition) is 1. The van der Waals surface area contributed by atoms with Crippen LogP contribution in [0.2, 0.25) is 0 Å². The molecular weight excluding hydrogens is 221 g/mol. The fraction of sp³-hybridized carbons (Fsp3) is 0.167. The lowest BCUT2D eigenvalue weighted by atomic mass is 10.2. The lowest BCUT2D eigenvalue weighted by Gasteiger charge is -2.04. The Hall–Kier alpha value is -2.17. The van der Waals surface area contributed by atoms with E-state index in [1.807, 2.05) is 6.92 Å². The highest BCUT2D eigenvalue weighted by atomic mass is 19.1. The van der Waals surface area contributed by atoms with E-state index in [2.05, 4.69) is 10.4 Å². The van der Waals surface area contributed by atoms with Crippen LogP contribution in [0.1, 0.15) is 16.1 Å². The van der Waals surface area contributed by atoms with Gasteiger partial charge in [0.05, 0.1) is 5.69 Å². The van der Waals surface area contributed by atoms with Gasteiger partial charge in [0, 0.05) is 18.7 Å². The van der Waals surface area contributed by atoms with E-state index in [0.29, 0.717) is 5.82 Å². The SMILES string of the molecule is Cc1cc(NC(=O)c2cccc(F)c2)n(C)n1. The zero-order valence-corrected chi connectivity index (χ0v) is 9.57. The molecule has 2 rings (SSSR count). The van der Waals surface area contributed by atoms with Crippen LogP contribution in [0.5, 0.6) is 0 Å². The molecule has 0 saturated carbocycles. The molecule has 0 fully saturated rings. The summed E-state index contributed by atoms with van der Waals surface area (Å²) >= 11 is 0. The Morgan fingerprint density at radius 2 is 2.18 bits per heavy atom. The Labute approximate surface area is 98.1 Å². The first-order valence-electron chi connectivity index (χ1n) is 5.14. The van der Waals surface area contributed by atoms with Crippen molar-refractivity contribution in [1.29, 1.82) is 0 Å². The summed E-state index contributed by atoms with van der Waals surface area (Å²) in [6.45, 7) is 1.83. The lowest BCUT2D eigenvalue weighted by molar-refractivity contribution is 0.102. The molecule has 0 aliphatic carbocycles. The minimum atomic E-state index is -0.432. The first-order chi connectivity index (χ1) is 8.06. The normalized spacial score (nSPS) is 10.3. The van der Waals surface area contributed by atoms with Gasteiger partial charge in [-0.15, -0.1) is 0 Å². The highest BCUT2D eigenvalue weighted by Crippen LogP contribution is 2.11. The number of carbonyl (C=O) groups excluding carboxylic acids is 1. The Kier molecular flexibility index (Phi) is 2.91. The molecule has 5 heteroatoms. The highest BCUT2D eigenvalue weighted by Gasteiger charge is 2.09. The second-order valence-electron chi connectivity index (χ2n) is 3.76. The molecule has 1 heterocycles. The van der Waals surface area contributed by atoms with E-state index in [1.54, 1.807) is 23.9 Å². The zero-order valence-electron chi connectivity index (χ0n) is 9.57. The molecule has 17 heavy (non-hydrogen) atoms. The second kappa shape index (κ2) is 4.37. The number of hydrogen-bond acceptors (Lipinski definition) is 2. The minimum Gasteiger partial charge on any atom is -0.307 e. The number of carbonyl (C=O) groups is 1. The molecule has 1 amide bonds. The van der Waals surface area contributed by atoms with Crippen LogP contribution in [0.25, 0.3) is 0 Å². The standard InChI is InChI=1S/C12H12FN3O/c1-8-6-11(16(2)15-8)14-12(17)9-4-3-5-10(13)7-9/h3-7H,1-2H3,(H,14,17). The molecule has 2 aromatic rings. The Bertz CT molecular complexity index is 563. The molecule has 88 valence electrons. The van der Waals surface area contributed by atoms with Crippen molar-refractivity contribution in [2.45, 2.75) is 6.92 Å². The van der Waals surface area contributed by atoms with Crippen molar-refractivity contribution in [3.63, 3.8) is 0 Å². The zero-order chi connectivity index (χ0) is 12.4. The van der Waals surface area contributed by atoms with Gasteiger partial charge in [-0.2, -0.15) is 5.10 Å². The summed E-state index contributed by atoms with van der Waals surface area (Å²) in [5.41, 5.74) is 1.09. The summed E-state index contributed by atoms with van der Waals surface area (Å²) in [5.74, 6) is -0.205. The first-order valence-corrected chi connectivity index (χ1v) is 5.14. The average Bonchev–Trinajstić information content (AvgIpc) is 2.57. The predicted octanol–water partition coefficient (Wildman–Crippen LogP) is 2.12. The highest BCUT2D eigenvalue weighted by molar-refractivity contribution is 6.03. The molecular formula is C12H12FN3O. The maximum Gasteiger partial charge on any atom is 0.256 e. The molecule has 1 N–H and O–H groups in total. The smallest absolute Gasteiger partial charge is 0.256 e. The van der Waals surface area contributed by atoms with Gasteiger partial charge >= 0.3 is 0 Å². The number of anilines is 1. The van der Waals surface area contributed by atoms with Crippen LogP contribution in [0.15, 0.2) is 30.3 Å². The number of aromatic nitrogens is 2. The van der Waals surface area contributed by atoms with Crippen molar-refractivity contribution in [3.8, 4) is 0 Å². The van der Waals surface area contributed by atoms with E-state index >= 15 is 0 Å². The van der Waals surface area contributed by atoms with Gasteiger partial charge in [-0.3, -0.25) is 9.48 Å². The quantitative estimate of drug-likeness (QED) is 0.863. The summed E-state index contributed by atoms with van der Waals surface area (Å²) in [6.07, 6.45) is 0. The van der Waals surface area contributed by atoms with Gasteiger partial charge in [-0.25, -0.2) is 4.39 Å². The molecule has 1 aromatic heterocycles. The van der Waals surface area contributed by atoms with Crippen LogP contribution >= 0.6 is 0 Å². The fourth-order valence-corrected chi connectivity index (χ4v) is 1.55. The minimum absolute atomic E-state index is 0.281. The summed E-state index contributed by atoms with van der Waals surface area (Å²) in [4.78, 5) is 11.8. The van der Waals surface area contributed by atoms with Gasteiger partial charge in [0.1, 0.15) is 11.6 Å². The number of rotatable bonds is 2. The van der Waals surface area contributed by atoms with Crippen LogP contribution in [0, 0.1) is 12.7 Å². The third kappa shape index (κ3) is 2.50. The third-order valence-corrected chi connectivity index (χ3v) is 2.33. The first kappa shape index (κ1) is 11.3. The van der Waals surface area contributed by atoms with Gasteiger partial charge < -0.3 is 5.32 Å². The number of nitrogens with zero attached hydrogens (tertiary/aromatic N) is 2. The number of aryl methyl sites for hydroxylation is 2. The van der Waals surface area contributed by atoms with E-state index in [-0.39, 0.29) is 11.5 Å². The summed E-state index contributed by atoms with van der Waals surface area (Å²) < 4.78 is 14.5.